The van der Waals surface area contributed by atoms with Crippen molar-refractivity contribution < 1.29 is 34.2 Å². The summed E-state index contributed by atoms with van der Waals surface area (Å²) in [5.41, 5.74) is 11.3. The van der Waals surface area contributed by atoms with Crippen molar-refractivity contribution in [2.24, 2.45) is 17.4 Å². The molecule has 0 aliphatic rings. The Labute approximate surface area is 189 Å². The van der Waals surface area contributed by atoms with Crippen molar-refractivity contribution in [1.29, 1.82) is 0 Å². The van der Waals surface area contributed by atoms with Crippen molar-refractivity contribution in [3.8, 4) is 0 Å². The first-order valence-corrected chi connectivity index (χ1v) is 10.2. The first-order valence-electron chi connectivity index (χ1n) is 10.2. The van der Waals surface area contributed by atoms with Gasteiger partial charge < -0.3 is 42.6 Å². The van der Waals surface area contributed by atoms with E-state index in [0.29, 0.717) is 5.69 Å². The lowest BCUT2D eigenvalue weighted by Crippen LogP contribution is -2.59. The quantitative estimate of drug-likeness (QED) is 0.136. The summed E-state index contributed by atoms with van der Waals surface area (Å²) in [6.07, 6.45) is 2.25. The number of rotatable bonds is 14. The molecule has 4 amide bonds. The molecule has 4 atom stereocenters. The van der Waals surface area contributed by atoms with Crippen molar-refractivity contribution in [3.05, 3.63) is 18.2 Å². The molecule has 0 spiro atoms. The van der Waals surface area contributed by atoms with Crippen LogP contribution in [-0.4, -0.2) is 80.6 Å². The molecule has 14 nitrogen and oxygen atoms in total. The van der Waals surface area contributed by atoms with Crippen molar-refractivity contribution in [1.82, 2.24) is 25.9 Å². The maximum absolute atomic E-state index is 12.8. The lowest BCUT2D eigenvalue weighted by atomic mass is 10.0. The number of nitrogens with zero attached hydrogens (tertiary/aromatic N) is 1. The number of nitrogens with one attached hydrogen (secondary N) is 4. The van der Waals surface area contributed by atoms with E-state index in [1.807, 2.05) is 0 Å². The number of hydrogen-bond acceptors (Lipinski definition) is 8. The molecule has 0 bridgehead atoms. The van der Waals surface area contributed by atoms with Crippen LogP contribution in [0.25, 0.3) is 0 Å². The number of H-pyrrole nitrogens is 1. The van der Waals surface area contributed by atoms with E-state index in [1.54, 1.807) is 13.8 Å². The fraction of sp³-hybridized carbons (Fsp3) is 0.579. The maximum atomic E-state index is 12.8. The molecule has 1 aromatic heterocycles. The van der Waals surface area contributed by atoms with Gasteiger partial charge in [0, 0.05) is 24.7 Å². The number of primary amides is 1. The van der Waals surface area contributed by atoms with Crippen LogP contribution in [0, 0.1) is 5.92 Å². The number of carbonyl (C=O) groups excluding carboxylic acids is 4. The lowest BCUT2D eigenvalue weighted by Gasteiger charge is -2.24. The molecule has 0 aliphatic heterocycles. The van der Waals surface area contributed by atoms with Crippen LogP contribution >= 0.6 is 0 Å². The van der Waals surface area contributed by atoms with Crippen LogP contribution < -0.4 is 27.4 Å². The highest BCUT2D eigenvalue weighted by molar-refractivity contribution is 5.94. The number of aromatic nitrogens is 2. The fourth-order valence-electron chi connectivity index (χ4n) is 2.68. The molecule has 4 unspecified atom stereocenters. The minimum absolute atomic E-state index is 0.0154. The van der Waals surface area contributed by atoms with Crippen molar-refractivity contribution in [2.75, 3.05) is 6.61 Å². The summed E-state index contributed by atoms with van der Waals surface area (Å²) in [6, 6.07) is -5.04. The van der Waals surface area contributed by atoms with Gasteiger partial charge >= 0.3 is 5.97 Å². The molecular formula is C19H31N7O7. The second-order valence-electron chi connectivity index (χ2n) is 7.76. The van der Waals surface area contributed by atoms with E-state index in [1.165, 1.54) is 12.5 Å². The van der Waals surface area contributed by atoms with E-state index in [2.05, 4.69) is 25.9 Å². The molecule has 14 heteroatoms. The van der Waals surface area contributed by atoms with Gasteiger partial charge in [-0.2, -0.15) is 0 Å². The third-order valence-corrected chi connectivity index (χ3v) is 4.74. The molecule has 0 radical (unpaired) electrons. The van der Waals surface area contributed by atoms with Crippen molar-refractivity contribution in [2.45, 2.75) is 57.3 Å². The average Bonchev–Trinajstić information content (AvgIpc) is 3.26. The van der Waals surface area contributed by atoms with Gasteiger partial charge in [-0.15, -0.1) is 0 Å². The third kappa shape index (κ3) is 9.24. The number of carbonyl (C=O) groups is 5. The molecular weight excluding hydrogens is 438 g/mol. The number of aliphatic hydroxyl groups excluding tert-OH is 1. The number of aliphatic carboxylic acids is 1. The number of imidazole rings is 1. The Morgan fingerprint density at radius 3 is 2.09 bits per heavy atom. The molecule has 0 saturated heterocycles. The fourth-order valence-corrected chi connectivity index (χ4v) is 2.68. The zero-order chi connectivity index (χ0) is 25.1. The summed E-state index contributed by atoms with van der Waals surface area (Å²) in [5, 5.41) is 25.7. The maximum Gasteiger partial charge on any atom is 0.326 e. The molecule has 1 heterocycles. The Kier molecular flexibility index (Phi) is 10.9. The summed E-state index contributed by atoms with van der Waals surface area (Å²) < 4.78 is 0. The minimum atomic E-state index is -1.52. The topological polar surface area (TPSA) is 243 Å². The van der Waals surface area contributed by atoms with E-state index < -0.39 is 60.4 Å². The van der Waals surface area contributed by atoms with E-state index in [0.717, 1.165) is 0 Å². The molecule has 0 fully saturated rings. The number of carboxylic acid groups (broad SMARTS) is 1. The van der Waals surface area contributed by atoms with Crippen LogP contribution in [-0.2, 0) is 30.4 Å². The molecule has 1 rings (SSSR count). The predicted molar refractivity (Wildman–Crippen MR) is 114 cm³/mol. The van der Waals surface area contributed by atoms with Crippen LogP contribution in [0.3, 0.4) is 0 Å². The van der Waals surface area contributed by atoms with Crippen LogP contribution in [0.1, 0.15) is 32.4 Å². The Morgan fingerprint density at radius 1 is 1.03 bits per heavy atom. The van der Waals surface area contributed by atoms with E-state index in [-0.39, 0.29) is 25.2 Å². The normalized spacial score (nSPS) is 14.6. The summed E-state index contributed by atoms with van der Waals surface area (Å²) >= 11 is 0. The highest BCUT2D eigenvalue weighted by Crippen LogP contribution is 2.04. The van der Waals surface area contributed by atoms with Crippen LogP contribution in [0.5, 0.6) is 0 Å². The van der Waals surface area contributed by atoms with Gasteiger partial charge in [-0.05, 0) is 12.3 Å². The van der Waals surface area contributed by atoms with Gasteiger partial charge in [0.2, 0.25) is 23.6 Å². The van der Waals surface area contributed by atoms with Gasteiger partial charge in [0.05, 0.1) is 19.0 Å². The number of aliphatic hydroxyl groups is 1. The number of carboxylic acids is 1. The predicted octanol–water partition coefficient (Wildman–Crippen LogP) is -3.27. The second kappa shape index (κ2) is 13.1. The second-order valence-corrected chi connectivity index (χ2v) is 7.76. The largest absolute Gasteiger partial charge is 0.480 e. The van der Waals surface area contributed by atoms with Crippen LogP contribution in [0.2, 0.25) is 0 Å². The molecule has 0 aliphatic carbocycles. The van der Waals surface area contributed by atoms with E-state index >= 15 is 0 Å². The first-order chi connectivity index (χ1) is 15.5. The van der Waals surface area contributed by atoms with Gasteiger partial charge in [0.15, 0.2) is 0 Å². The third-order valence-electron chi connectivity index (χ3n) is 4.74. The summed E-state index contributed by atoms with van der Waals surface area (Å²) in [7, 11) is 0. The van der Waals surface area contributed by atoms with Gasteiger partial charge in [-0.1, -0.05) is 13.8 Å². The summed E-state index contributed by atoms with van der Waals surface area (Å²) in [5.74, 6) is -4.77. The van der Waals surface area contributed by atoms with E-state index in [9.17, 15) is 34.2 Å². The zero-order valence-electron chi connectivity index (χ0n) is 18.4. The number of hydrogen-bond donors (Lipinski definition) is 8. The van der Waals surface area contributed by atoms with Gasteiger partial charge in [0.25, 0.3) is 0 Å². The lowest BCUT2D eigenvalue weighted by molar-refractivity contribution is -0.143. The van der Waals surface area contributed by atoms with Crippen LogP contribution in [0.4, 0.5) is 0 Å². The van der Waals surface area contributed by atoms with Gasteiger partial charge in [-0.25, -0.2) is 9.78 Å². The molecule has 1 aromatic rings. The molecule has 10 N–H and O–H groups in total. The number of nitrogens with two attached hydrogens (primary N) is 2. The summed E-state index contributed by atoms with van der Waals surface area (Å²) in [6.45, 7) is 2.62. The van der Waals surface area contributed by atoms with Gasteiger partial charge in [-0.3, -0.25) is 19.2 Å². The van der Waals surface area contributed by atoms with Gasteiger partial charge in [0.1, 0.15) is 18.1 Å². The Balaban J connectivity index is 2.92. The Morgan fingerprint density at radius 2 is 1.61 bits per heavy atom. The Bertz CT molecular complexity index is 828. The molecule has 33 heavy (non-hydrogen) atoms. The monoisotopic (exact) mass is 469 g/mol. The highest BCUT2D eigenvalue weighted by atomic mass is 16.4. The average molecular weight is 469 g/mol. The number of aromatic amines is 1. The first kappa shape index (κ1) is 27.5. The SMILES string of the molecule is CC(C)C(N)C(=O)NC(Cc1cnc[nH]1)C(=O)NC(CO)C(=O)NC(CCC(N)=O)C(=O)O. The zero-order valence-corrected chi connectivity index (χ0v) is 18.4. The Hall–Kier alpha value is -3.52. The van der Waals surface area contributed by atoms with Crippen LogP contribution in [0.15, 0.2) is 12.5 Å². The van der Waals surface area contributed by atoms with Crippen molar-refractivity contribution >= 4 is 29.6 Å². The number of amides is 4. The molecule has 0 aromatic carbocycles. The standard InChI is InChI=1S/C19H31N7O7/c1-9(2)15(21)18(31)25-12(5-10-6-22-8-23-10)16(29)26-13(7-27)17(30)24-11(19(32)33)3-4-14(20)28/h6,8-9,11-13,15,27H,3-5,7,21H2,1-2H3,(H2,20,28)(H,22,23)(H,24,30)(H,25,31)(H,26,29)(H,32,33). The highest BCUT2D eigenvalue weighted by Gasteiger charge is 2.31. The van der Waals surface area contributed by atoms with E-state index in [4.69, 9.17) is 11.5 Å². The van der Waals surface area contributed by atoms with Crippen molar-refractivity contribution in [3.63, 3.8) is 0 Å². The minimum Gasteiger partial charge on any atom is -0.480 e. The molecule has 0 saturated carbocycles. The summed E-state index contributed by atoms with van der Waals surface area (Å²) in [4.78, 5) is 66.5. The molecule has 184 valence electrons. The smallest absolute Gasteiger partial charge is 0.326 e.